The zero-order valence-electron chi connectivity index (χ0n) is 14.0. The van der Waals surface area contributed by atoms with Gasteiger partial charge in [-0.3, -0.25) is 4.98 Å². The van der Waals surface area contributed by atoms with E-state index in [-0.39, 0.29) is 5.41 Å². The Kier molecular flexibility index (Phi) is 3.45. The third kappa shape index (κ3) is 2.45. The number of benzene rings is 2. The predicted octanol–water partition coefficient (Wildman–Crippen LogP) is 5.71. The van der Waals surface area contributed by atoms with Gasteiger partial charge in [-0.2, -0.15) is 0 Å². The van der Waals surface area contributed by atoms with Gasteiger partial charge in [0.1, 0.15) is 0 Å². The summed E-state index contributed by atoms with van der Waals surface area (Å²) in [5, 5.41) is 2.53. The van der Waals surface area contributed by atoms with E-state index >= 15 is 0 Å². The fraction of sp³-hybridized carbons (Fsp3) is 0.318. The molecule has 1 aromatic heterocycles. The second kappa shape index (κ2) is 5.49. The third-order valence-corrected chi connectivity index (χ3v) is 5.42. The molecule has 1 aliphatic carbocycles. The highest BCUT2D eigenvalue weighted by molar-refractivity contribution is 5.82. The van der Waals surface area contributed by atoms with E-state index in [1.807, 2.05) is 12.4 Å². The van der Waals surface area contributed by atoms with E-state index in [1.165, 1.54) is 58.7 Å². The molecule has 116 valence electrons. The van der Waals surface area contributed by atoms with Gasteiger partial charge in [-0.1, -0.05) is 60.4 Å². The van der Waals surface area contributed by atoms with Crippen LogP contribution in [0.3, 0.4) is 0 Å². The van der Waals surface area contributed by atoms with Crippen LogP contribution in [0.5, 0.6) is 0 Å². The molecule has 1 saturated carbocycles. The van der Waals surface area contributed by atoms with Crippen molar-refractivity contribution in [2.24, 2.45) is 0 Å². The summed E-state index contributed by atoms with van der Waals surface area (Å²) in [6.07, 6.45) is 9.00. The zero-order chi connectivity index (χ0) is 15.9. The van der Waals surface area contributed by atoms with Crippen LogP contribution in [0.15, 0.2) is 54.9 Å². The highest BCUT2D eigenvalue weighted by Crippen LogP contribution is 2.47. The van der Waals surface area contributed by atoms with Crippen molar-refractivity contribution in [3.8, 4) is 0 Å². The summed E-state index contributed by atoms with van der Waals surface area (Å²) >= 11 is 0. The van der Waals surface area contributed by atoms with Crippen molar-refractivity contribution in [1.82, 2.24) is 4.98 Å². The molecular formula is C22H23N. The molecule has 2 aromatic carbocycles. The number of nitrogens with zero attached hydrogens (tertiary/aromatic N) is 1. The molecule has 1 nitrogen and oxygen atoms in total. The Morgan fingerprint density at radius 2 is 1.52 bits per heavy atom. The van der Waals surface area contributed by atoms with Crippen LogP contribution >= 0.6 is 0 Å². The van der Waals surface area contributed by atoms with Crippen LogP contribution in [0.2, 0.25) is 0 Å². The minimum absolute atomic E-state index is 0.189. The lowest BCUT2D eigenvalue weighted by Crippen LogP contribution is -2.24. The van der Waals surface area contributed by atoms with Gasteiger partial charge >= 0.3 is 0 Å². The van der Waals surface area contributed by atoms with Crippen LogP contribution in [0.25, 0.3) is 10.8 Å². The first-order valence-electron chi connectivity index (χ1n) is 8.60. The van der Waals surface area contributed by atoms with Crippen molar-refractivity contribution in [3.63, 3.8) is 0 Å². The first-order valence-corrected chi connectivity index (χ1v) is 8.60. The maximum absolute atomic E-state index is 4.24. The summed E-state index contributed by atoms with van der Waals surface area (Å²) in [6, 6.07) is 16.2. The molecule has 0 spiro atoms. The molecule has 1 fully saturated rings. The highest BCUT2D eigenvalue weighted by atomic mass is 14.6. The van der Waals surface area contributed by atoms with E-state index in [2.05, 4.69) is 61.3 Å². The average molecular weight is 301 g/mol. The zero-order valence-corrected chi connectivity index (χ0v) is 14.0. The summed E-state index contributed by atoms with van der Waals surface area (Å²) in [7, 11) is 0. The number of hydrogen-bond donors (Lipinski definition) is 0. The molecule has 0 saturated heterocycles. The van der Waals surface area contributed by atoms with Crippen LogP contribution in [-0.4, -0.2) is 4.98 Å². The lowest BCUT2D eigenvalue weighted by Gasteiger charge is -2.31. The van der Waals surface area contributed by atoms with Crippen LogP contribution in [0.1, 0.15) is 47.9 Å². The number of aryl methyl sites for hydroxylation is 2. The van der Waals surface area contributed by atoms with E-state index in [1.54, 1.807) is 0 Å². The minimum atomic E-state index is 0.189. The molecule has 0 unspecified atom stereocenters. The molecule has 0 radical (unpaired) electrons. The van der Waals surface area contributed by atoms with E-state index in [9.17, 15) is 0 Å². The molecule has 0 atom stereocenters. The molecule has 1 heteroatoms. The summed E-state index contributed by atoms with van der Waals surface area (Å²) in [5.74, 6) is 0. The van der Waals surface area contributed by atoms with Crippen molar-refractivity contribution in [3.05, 3.63) is 77.1 Å². The predicted molar refractivity (Wildman–Crippen MR) is 96.9 cm³/mol. The first-order chi connectivity index (χ1) is 11.2. The summed E-state index contributed by atoms with van der Waals surface area (Å²) in [4.78, 5) is 4.24. The Morgan fingerprint density at radius 3 is 2.26 bits per heavy atom. The fourth-order valence-electron chi connectivity index (χ4n) is 4.35. The quantitative estimate of drug-likeness (QED) is 0.590. The second-order valence-corrected chi connectivity index (χ2v) is 7.10. The van der Waals surface area contributed by atoms with Crippen molar-refractivity contribution >= 4 is 10.8 Å². The first kappa shape index (κ1) is 14.4. The molecule has 0 bridgehead atoms. The van der Waals surface area contributed by atoms with Crippen molar-refractivity contribution < 1.29 is 0 Å². The monoisotopic (exact) mass is 301 g/mol. The highest BCUT2D eigenvalue weighted by Gasteiger charge is 2.37. The smallest absolute Gasteiger partial charge is 0.0346 e. The number of aromatic nitrogens is 1. The summed E-state index contributed by atoms with van der Waals surface area (Å²) in [5.41, 5.74) is 5.90. The summed E-state index contributed by atoms with van der Waals surface area (Å²) < 4.78 is 0. The van der Waals surface area contributed by atoms with Crippen molar-refractivity contribution in [2.75, 3.05) is 0 Å². The normalized spacial score (nSPS) is 16.8. The van der Waals surface area contributed by atoms with Crippen LogP contribution in [-0.2, 0) is 5.41 Å². The molecule has 3 aromatic rings. The van der Waals surface area contributed by atoms with Gasteiger partial charge in [0, 0.05) is 23.2 Å². The van der Waals surface area contributed by atoms with Crippen molar-refractivity contribution in [2.45, 2.75) is 44.9 Å². The van der Waals surface area contributed by atoms with Crippen LogP contribution < -0.4 is 0 Å². The van der Waals surface area contributed by atoms with Gasteiger partial charge in [-0.25, -0.2) is 0 Å². The Balaban J connectivity index is 1.91. The molecule has 1 heterocycles. The fourth-order valence-corrected chi connectivity index (χ4v) is 4.35. The molecular weight excluding hydrogens is 278 g/mol. The topological polar surface area (TPSA) is 12.9 Å². The largest absolute Gasteiger partial charge is 0.264 e. The molecule has 0 aliphatic heterocycles. The van der Waals surface area contributed by atoms with Gasteiger partial charge in [0.05, 0.1) is 0 Å². The van der Waals surface area contributed by atoms with E-state index in [0.29, 0.717) is 0 Å². The van der Waals surface area contributed by atoms with E-state index in [0.717, 1.165) is 0 Å². The lowest BCUT2D eigenvalue weighted by atomic mass is 9.72. The van der Waals surface area contributed by atoms with Crippen molar-refractivity contribution in [1.29, 1.82) is 0 Å². The van der Waals surface area contributed by atoms with Gasteiger partial charge in [-0.05, 0) is 49.3 Å². The third-order valence-electron chi connectivity index (χ3n) is 5.42. The number of hydrogen-bond acceptors (Lipinski definition) is 1. The summed E-state index contributed by atoms with van der Waals surface area (Å²) in [6.45, 7) is 4.43. The Morgan fingerprint density at radius 1 is 0.783 bits per heavy atom. The van der Waals surface area contributed by atoms with Gasteiger partial charge in [0.25, 0.3) is 0 Å². The van der Waals surface area contributed by atoms with E-state index in [4.69, 9.17) is 0 Å². The van der Waals surface area contributed by atoms with E-state index < -0.39 is 0 Å². The molecule has 1 aliphatic rings. The van der Waals surface area contributed by atoms with Crippen LogP contribution in [0.4, 0.5) is 0 Å². The molecule has 0 N–H and O–H groups in total. The van der Waals surface area contributed by atoms with Gasteiger partial charge in [-0.15, -0.1) is 0 Å². The number of fused-ring (bicyclic) bond motifs is 1. The average Bonchev–Trinajstić information content (AvgIpc) is 3.04. The SMILES string of the molecule is Cc1cc(C)cc(C2(c3ccc4cnccc4c3)CCCC2)c1. The molecule has 4 rings (SSSR count). The second-order valence-electron chi connectivity index (χ2n) is 7.10. The number of pyridine rings is 1. The Bertz CT molecular complexity index is 836. The standard InChI is InChI=1S/C22H23N/c1-16-11-17(2)13-21(12-16)22(8-3-4-9-22)20-6-5-19-15-23-10-7-18(19)14-20/h5-7,10-15H,3-4,8-9H2,1-2H3. The molecule has 0 amide bonds. The Labute approximate surface area is 138 Å². The minimum Gasteiger partial charge on any atom is -0.264 e. The maximum Gasteiger partial charge on any atom is 0.0346 e. The van der Waals surface area contributed by atoms with Gasteiger partial charge in [0.2, 0.25) is 0 Å². The molecule has 23 heavy (non-hydrogen) atoms. The maximum atomic E-state index is 4.24. The Hall–Kier alpha value is -2.15. The number of rotatable bonds is 2. The lowest BCUT2D eigenvalue weighted by molar-refractivity contribution is 0.535. The van der Waals surface area contributed by atoms with Gasteiger partial charge in [0.15, 0.2) is 0 Å². The van der Waals surface area contributed by atoms with Crippen LogP contribution in [0, 0.1) is 13.8 Å². The van der Waals surface area contributed by atoms with Gasteiger partial charge < -0.3 is 0 Å².